The quantitative estimate of drug-likeness (QED) is 0.249. The summed E-state index contributed by atoms with van der Waals surface area (Å²) < 4.78 is 0. The number of hydrogen-bond acceptors (Lipinski definition) is 3. The van der Waals surface area contributed by atoms with E-state index in [1.54, 1.807) is 6.21 Å². The summed E-state index contributed by atoms with van der Waals surface area (Å²) in [6.07, 6.45) is 2.55. The fraction of sp³-hybridized carbons (Fsp3) is 0. The Morgan fingerprint density at radius 1 is 0.789 bits per heavy atom. The molecule has 0 heterocycles. The van der Waals surface area contributed by atoms with E-state index in [0.29, 0.717) is 5.56 Å². The second kappa shape index (κ2) is 4.53. The summed E-state index contributed by atoms with van der Waals surface area (Å²) in [5.41, 5.74) is 1.65. The fourth-order valence-corrected chi connectivity index (χ4v) is 2.54. The number of fused-ring (bicyclic) bond motifs is 2. The zero-order valence-corrected chi connectivity index (χ0v) is 10.2. The second-order valence-electron chi connectivity index (χ2n) is 4.31. The molecule has 2 N–H and O–H groups in total. The summed E-state index contributed by atoms with van der Waals surface area (Å²) in [6, 6.07) is 15.6. The lowest BCUT2D eigenvalue weighted by atomic mass is 9.93. The number of hydrogen-bond donors (Lipinski definition) is 1. The van der Waals surface area contributed by atoms with Gasteiger partial charge in [-0.3, -0.25) is 4.79 Å². The van der Waals surface area contributed by atoms with E-state index in [2.05, 4.69) is 5.10 Å². The van der Waals surface area contributed by atoms with Gasteiger partial charge < -0.3 is 5.84 Å². The van der Waals surface area contributed by atoms with E-state index in [-0.39, 0.29) is 0 Å². The lowest BCUT2D eigenvalue weighted by Gasteiger charge is -2.10. The van der Waals surface area contributed by atoms with Crippen LogP contribution in [0.5, 0.6) is 0 Å². The highest BCUT2D eigenvalue weighted by atomic mass is 16.1. The molecule has 0 unspecified atom stereocenters. The van der Waals surface area contributed by atoms with Gasteiger partial charge >= 0.3 is 0 Å². The van der Waals surface area contributed by atoms with E-state index in [9.17, 15) is 4.79 Å². The first-order valence-corrected chi connectivity index (χ1v) is 5.98. The molecule has 0 fully saturated rings. The van der Waals surface area contributed by atoms with Crippen LogP contribution in [0, 0.1) is 0 Å². The maximum absolute atomic E-state index is 11.4. The van der Waals surface area contributed by atoms with E-state index < -0.39 is 0 Å². The van der Waals surface area contributed by atoms with E-state index in [1.165, 1.54) is 0 Å². The Hall–Kier alpha value is -2.68. The third-order valence-corrected chi connectivity index (χ3v) is 3.34. The highest BCUT2D eigenvalue weighted by Gasteiger charge is 2.11. The van der Waals surface area contributed by atoms with Crippen LogP contribution in [0.25, 0.3) is 21.5 Å². The molecule has 3 aromatic rings. The molecule has 0 aliphatic heterocycles. The number of carbonyl (C=O) groups is 1. The van der Waals surface area contributed by atoms with Gasteiger partial charge in [-0.05, 0) is 21.5 Å². The minimum absolute atomic E-state index is 0.709. The number of rotatable bonds is 2. The highest BCUT2D eigenvalue weighted by molar-refractivity contribution is 6.20. The van der Waals surface area contributed by atoms with Gasteiger partial charge in [0.1, 0.15) is 0 Å². The number of nitrogens with two attached hydrogens (primary N) is 1. The van der Waals surface area contributed by atoms with Crippen molar-refractivity contribution in [2.24, 2.45) is 10.9 Å². The lowest BCUT2D eigenvalue weighted by molar-refractivity contribution is 0.112. The Kier molecular flexibility index (Phi) is 2.72. The van der Waals surface area contributed by atoms with Crippen LogP contribution in [-0.2, 0) is 0 Å². The Bertz CT molecular complexity index is 749. The lowest BCUT2D eigenvalue weighted by Crippen LogP contribution is -1.95. The molecule has 92 valence electrons. The molecular formula is C16H12N2O. The molecule has 0 saturated carbocycles. The van der Waals surface area contributed by atoms with Gasteiger partial charge in [0.05, 0.1) is 6.21 Å². The molecule has 0 aromatic heterocycles. The third-order valence-electron chi connectivity index (χ3n) is 3.34. The molecule has 0 aliphatic rings. The predicted molar refractivity (Wildman–Crippen MR) is 78.6 cm³/mol. The average molecular weight is 248 g/mol. The fourth-order valence-electron chi connectivity index (χ4n) is 2.54. The molecular weight excluding hydrogens is 236 g/mol. The summed E-state index contributed by atoms with van der Waals surface area (Å²) in [6.45, 7) is 0. The number of nitrogens with zero attached hydrogens (tertiary/aromatic N) is 1. The topological polar surface area (TPSA) is 55.4 Å². The third kappa shape index (κ3) is 1.67. The number of carbonyl (C=O) groups excluding carboxylic acids is 1. The van der Waals surface area contributed by atoms with Crippen molar-refractivity contribution in [2.45, 2.75) is 0 Å². The summed E-state index contributed by atoms with van der Waals surface area (Å²) in [7, 11) is 0. The van der Waals surface area contributed by atoms with Crippen LogP contribution in [0.15, 0.2) is 53.6 Å². The van der Waals surface area contributed by atoms with Crippen molar-refractivity contribution < 1.29 is 4.79 Å². The first-order chi connectivity index (χ1) is 9.36. The maximum Gasteiger partial charge on any atom is 0.151 e. The molecule has 0 bridgehead atoms. The molecule has 0 amide bonds. The number of benzene rings is 3. The maximum atomic E-state index is 11.4. The van der Waals surface area contributed by atoms with Crippen molar-refractivity contribution in [3.63, 3.8) is 0 Å². The molecule has 0 saturated heterocycles. The van der Waals surface area contributed by atoms with Crippen LogP contribution < -0.4 is 5.84 Å². The van der Waals surface area contributed by atoms with E-state index in [1.807, 2.05) is 48.5 Å². The normalized spacial score (nSPS) is 11.4. The molecule has 3 aromatic carbocycles. The summed E-state index contributed by atoms with van der Waals surface area (Å²) >= 11 is 0. The first kappa shape index (κ1) is 11.4. The molecule has 0 radical (unpaired) electrons. The van der Waals surface area contributed by atoms with Gasteiger partial charge in [-0.15, -0.1) is 0 Å². The van der Waals surface area contributed by atoms with E-state index in [4.69, 9.17) is 5.84 Å². The molecule has 19 heavy (non-hydrogen) atoms. The van der Waals surface area contributed by atoms with Gasteiger partial charge in [-0.25, -0.2) is 0 Å². The average Bonchev–Trinajstić information content (AvgIpc) is 2.47. The highest BCUT2D eigenvalue weighted by Crippen LogP contribution is 2.30. The van der Waals surface area contributed by atoms with Gasteiger partial charge in [0.25, 0.3) is 0 Å². The van der Waals surface area contributed by atoms with Crippen molar-refractivity contribution in [3.8, 4) is 0 Å². The molecule has 0 spiro atoms. The SMILES string of the molecule is NN=Cc1c2ccccc2c(C=O)c2ccccc12. The monoisotopic (exact) mass is 248 g/mol. The molecule has 3 nitrogen and oxygen atoms in total. The van der Waals surface area contributed by atoms with Crippen LogP contribution >= 0.6 is 0 Å². The number of hydrazone groups is 1. The van der Waals surface area contributed by atoms with Crippen LogP contribution in [0.4, 0.5) is 0 Å². The van der Waals surface area contributed by atoms with Gasteiger partial charge in [0.15, 0.2) is 6.29 Å². The molecule has 3 rings (SSSR count). The predicted octanol–water partition coefficient (Wildman–Crippen LogP) is 3.10. The Balaban J connectivity index is 2.65. The van der Waals surface area contributed by atoms with Crippen molar-refractivity contribution in [3.05, 3.63) is 59.7 Å². The molecule has 0 aliphatic carbocycles. The zero-order chi connectivity index (χ0) is 13.2. The Morgan fingerprint density at radius 2 is 1.21 bits per heavy atom. The van der Waals surface area contributed by atoms with Crippen molar-refractivity contribution in [1.29, 1.82) is 0 Å². The largest absolute Gasteiger partial charge is 0.323 e. The standard InChI is InChI=1S/C16H12N2O/c17-18-9-15-11-5-1-3-7-13(11)16(10-19)14-8-4-2-6-12(14)15/h1-10H,17H2. The Morgan fingerprint density at radius 3 is 1.58 bits per heavy atom. The second-order valence-corrected chi connectivity index (χ2v) is 4.31. The van der Waals surface area contributed by atoms with Gasteiger partial charge in [0.2, 0.25) is 0 Å². The van der Waals surface area contributed by atoms with Crippen LogP contribution in [0.3, 0.4) is 0 Å². The zero-order valence-electron chi connectivity index (χ0n) is 10.2. The summed E-state index contributed by atoms with van der Waals surface area (Å²) in [5.74, 6) is 5.31. The minimum Gasteiger partial charge on any atom is -0.323 e. The van der Waals surface area contributed by atoms with Crippen LogP contribution in [0.2, 0.25) is 0 Å². The van der Waals surface area contributed by atoms with E-state index in [0.717, 1.165) is 33.4 Å². The van der Waals surface area contributed by atoms with Crippen molar-refractivity contribution >= 4 is 34.0 Å². The molecule has 3 heteroatoms. The van der Waals surface area contributed by atoms with Crippen molar-refractivity contribution in [1.82, 2.24) is 0 Å². The van der Waals surface area contributed by atoms with Crippen LogP contribution in [-0.4, -0.2) is 12.5 Å². The summed E-state index contributed by atoms with van der Waals surface area (Å²) in [5, 5.41) is 7.46. The van der Waals surface area contributed by atoms with Gasteiger partial charge in [0, 0.05) is 11.1 Å². The Labute approximate surface area is 110 Å². The molecule has 0 atom stereocenters. The summed E-state index contributed by atoms with van der Waals surface area (Å²) in [4.78, 5) is 11.4. The van der Waals surface area contributed by atoms with Gasteiger partial charge in [-0.2, -0.15) is 5.10 Å². The van der Waals surface area contributed by atoms with Crippen LogP contribution in [0.1, 0.15) is 15.9 Å². The number of aldehydes is 1. The van der Waals surface area contributed by atoms with Gasteiger partial charge in [-0.1, -0.05) is 48.5 Å². The van der Waals surface area contributed by atoms with E-state index >= 15 is 0 Å². The first-order valence-electron chi connectivity index (χ1n) is 5.98. The minimum atomic E-state index is 0.709. The smallest absolute Gasteiger partial charge is 0.151 e. The van der Waals surface area contributed by atoms with Crippen molar-refractivity contribution in [2.75, 3.05) is 0 Å².